The van der Waals surface area contributed by atoms with E-state index in [2.05, 4.69) is 46.7 Å². The van der Waals surface area contributed by atoms with Crippen LogP contribution in [-0.4, -0.2) is 38.4 Å². The van der Waals surface area contributed by atoms with Gasteiger partial charge in [0.1, 0.15) is 6.10 Å². The third kappa shape index (κ3) is 2.88. The smallest absolute Gasteiger partial charge is 0.114 e. The maximum Gasteiger partial charge on any atom is 0.114 e. The summed E-state index contributed by atoms with van der Waals surface area (Å²) in [6.45, 7) is 9.36. The van der Waals surface area contributed by atoms with E-state index in [-0.39, 0.29) is 5.54 Å². The number of aliphatic hydroxyl groups is 1. The van der Waals surface area contributed by atoms with E-state index in [1.54, 1.807) is 6.20 Å². The molecule has 0 radical (unpaired) electrons. The number of aromatic nitrogens is 2. The number of likely N-dealkylation sites (tertiary alicyclic amines) is 1. The van der Waals surface area contributed by atoms with E-state index in [9.17, 15) is 5.11 Å². The first-order chi connectivity index (χ1) is 8.98. The van der Waals surface area contributed by atoms with Crippen LogP contribution in [0.3, 0.4) is 0 Å². The van der Waals surface area contributed by atoms with E-state index in [4.69, 9.17) is 0 Å². The zero-order chi connectivity index (χ0) is 14.0. The van der Waals surface area contributed by atoms with Gasteiger partial charge in [-0.25, -0.2) is 0 Å². The molecule has 19 heavy (non-hydrogen) atoms. The highest BCUT2D eigenvalue weighted by molar-refractivity contribution is 9.10. The maximum absolute atomic E-state index is 10.9. The highest BCUT2D eigenvalue weighted by Gasteiger charge is 2.39. The van der Waals surface area contributed by atoms with Gasteiger partial charge in [-0.1, -0.05) is 6.92 Å². The molecule has 2 rings (SSSR count). The second-order valence-corrected chi connectivity index (χ2v) is 6.71. The van der Waals surface area contributed by atoms with Crippen LogP contribution in [0.4, 0.5) is 0 Å². The molecule has 1 aromatic rings. The molecule has 2 heterocycles. The van der Waals surface area contributed by atoms with E-state index in [0.717, 1.165) is 36.2 Å². The molecule has 0 spiro atoms. The minimum atomic E-state index is -0.533. The third-order valence-corrected chi connectivity index (χ3v) is 4.73. The topological polar surface area (TPSA) is 41.3 Å². The Bertz CT molecular complexity index is 424. The molecular weight excluding hydrogens is 306 g/mol. The van der Waals surface area contributed by atoms with E-state index < -0.39 is 6.10 Å². The van der Waals surface area contributed by atoms with Gasteiger partial charge in [-0.2, -0.15) is 5.10 Å². The van der Waals surface area contributed by atoms with Crippen LogP contribution < -0.4 is 0 Å². The van der Waals surface area contributed by atoms with Crippen LogP contribution in [0.1, 0.15) is 51.8 Å². The minimum Gasteiger partial charge on any atom is -0.385 e. The van der Waals surface area contributed by atoms with Crippen molar-refractivity contribution in [1.29, 1.82) is 0 Å². The second-order valence-electron chi connectivity index (χ2n) is 5.85. The Labute approximate surface area is 123 Å². The summed E-state index contributed by atoms with van der Waals surface area (Å²) in [5, 5.41) is 15.2. The molecule has 1 fully saturated rings. The quantitative estimate of drug-likeness (QED) is 0.902. The summed E-state index contributed by atoms with van der Waals surface area (Å²) >= 11 is 3.53. The van der Waals surface area contributed by atoms with E-state index in [1.807, 2.05) is 4.68 Å². The molecule has 1 aliphatic rings. The van der Waals surface area contributed by atoms with Gasteiger partial charge in [-0.3, -0.25) is 9.58 Å². The molecular formula is C14H24BrN3O. The van der Waals surface area contributed by atoms with Gasteiger partial charge in [-0.15, -0.1) is 0 Å². The average molecular weight is 330 g/mol. The van der Waals surface area contributed by atoms with Gasteiger partial charge in [0.05, 0.1) is 16.4 Å². The molecule has 1 aliphatic heterocycles. The summed E-state index contributed by atoms with van der Waals surface area (Å²) in [4.78, 5) is 2.38. The normalized spacial score (nSPS) is 19.0. The first-order valence-corrected chi connectivity index (χ1v) is 7.92. The second kappa shape index (κ2) is 5.94. The molecule has 0 aliphatic carbocycles. The van der Waals surface area contributed by atoms with E-state index >= 15 is 0 Å². The lowest BCUT2D eigenvalue weighted by molar-refractivity contribution is -0.00431. The standard InChI is InChI=1S/C14H24BrN3O/c1-4-7-18-12(11(15)10-16-18)13(19)14(2,3)17-8-5-6-9-17/h10,13,19H,4-9H2,1-3H3. The van der Waals surface area contributed by atoms with Gasteiger partial charge < -0.3 is 5.11 Å². The van der Waals surface area contributed by atoms with Gasteiger partial charge in [0.15, 0.2) is 0 Å². The molecule has 4 nitrogen and oxygen atoms in total. The summed E-state index contributed by atoms with van der Waals surface area (Å²) in [7, 11) is 0. The van der Waals surface area contributed by atoms with Gasteiger partial charge in [-0.05, 0) is 62.1 Å². The maximum atomic E-state index is 10.9. The molecule has 1 aromatic heterocycles. The molecule has 1 atom stereocenters. The fourth-order valence-electron chi connectivity index (χ4n) is 2.83. The van der Waals surface area contributed by atoms with Crippen LogP contribution in [0.2, 0.25) is 0 Å². The zero-order valence-corrected chi connectivity index (χ0v) is 13.7. The summed E-state index contributed by atoms with van der Waals surface area (Å²) < 4.78 is 2.83. The van der Waals surface area contributed by atoms with Crippen LogP contribution in [0.15, 0.2) is 10.7 Å². The molecule has 1 unspecified atom stereocenters. The fourth-order valence-corrected chi connectivity index (χ4v) is 3.35. The largest absolute Gasteiger partial charge is 0.385 e. The van der Waals surface area contributed by atoms with Crippen molar-refractivity contribution >= 4 is 15.9 Å². The number of aliphatic hydroxyl groups excluding tert-OH is 1. The molecule has 0 bridgehead atoms. The van der Waals surface area contributed by atoms with Crippen LogP contribution in [0, 0.1) is 0 Å². The van der Waals surface area contributed by atoms with Gasteiger partial charge in [0.2, 0.25) is 0 Å². The lowest BCUT2D eigenvalue weighted by Crippen LogP contribution is -2.47. The predicted octanol–water partition coefficient (Wildman–Crippen LogP) is 2.96. The Balaban J connectivity index is 2.27. The van der Waals surface area contributed by atoms with Gasteiger partial charge in [0, 0.05) is 12.1 Å². The summed E-state index contributed by atoms with van der Waals surface area (Å²) in [5.41, 5.74) is 0.642. The monoisotopic (exact) mass is 329 g/mol. The molecule has 0 aromatic carbocycles. The Morgan fingerprint density at radius 1 is 1.42 bits per heavy atom. The number of aryl methyl sites for hydroxylation is 1. The van der Waals surface area contributed by atoms with Gasteiger partial charge >= 0.3 is 0 Å². The summed E-state index contributed by atoms with van der Waals surface area (Å²) in [5.74, 6) is 0. The molecule has 0 saturated carbocycles. The predicted molar refractivity (Wildman–Crippen MR) is 80.1 cm³/mol. The number of halogens is 1. The first-order valence-electron chi connectivity index (χ1n) is 7.12. The highest BCUT2D eigenvalue weighted by Crippen LogP contribution is 2.36. The SMILES string of the molecule is CCCn1ncc(Br)c1C(O)C(C)(C)N1CCCC1. The van der Waals surface area contributed by atoms with Gasteiger partial charge in [0.25, 0.3) is 0 Å². The number of hydrogen-bond acceptors (Lipinski definition) is 3. The highest BCUT2D eigenvalue weighted by atomic mass is 79.9. The summed E-state index contributed by atoms with van der Waals surface area (Å²) in [6.07, 6.45) is 4.72. The average Bonchev–Trinajstić information content (AvgIpc) is 2.99. The van der Waals surface area contributed by atoms with Crippen LogP contribution in [0.5, 0.6) is 0 Å². The van der Waals surface area contributed by atoms with Crippen LogP contribution >= 0.6 is 15.9 Å². The fraction of sp³-hybridized carbons (Fsp3) is 0.786. The van der Waals surface area contributed by atoms with Crippen molar-refractivity contribution < 1.29 is 5.11 Å². The van der Waals surface area contributed by atoms with Crippen LogP contribution in [-0.2, 0) is 6.54 Å². The molecule has 5 heteroatoms. The van der Waals surface area contributed by atoms with Crippen molar-refractivity contribution in [3.8, 4) is 0 Å². The number of nitrogens with zero attached hydrogens (tertiary/aromatic N) is 3. The summed E-state index contributed by atoms with van der Waals surface area (Å²) in [6, 6.07) is 0. The lowest BCUT2D eigenvalue weighted by Gasteiger charge is -2.39. The van der Waals surface area contributed by atoms with Crippen molar-refractivity contribution in [3.05, 3.63) is 16.4 Å². The molecule has 0 amide bonds. The Morgan fingerprint density at radius 3 is 2.63 bits per heavy atom. The van der Waals surface area contributed by atoms with Crippen molar-refractivity contribution in [2.24, 2.45) is 0 Å². The van der Waals surface area contributed by atoms with Crippen LogP contribution in [0.25, 0.3) is 0 Å². The molecule has 1 saturated heterocycles. The Morgan fingerprint density at radius 2 is 2.05 bits per heavy atom. The Kier molecular flexibility index (Phi) is 4.69. The minimum absolute atomic E-state index is 0.259. The van der Waals surface area contributed by atoms with Crippen molar-refractivity contribution in [3.63, 3.8) is 0 Å². The zero-order valence-electron chi connectivity index (χ0n) is 12.1. The number of rotatable bonds is 5. The van der Waals surface area contributed by atoms with E-state index in [0.29, 0.717) is 0 Å². The number of hydrogen-bond donors (Lipinski definition) is 1. The molecule has 108 valence electrons. The third-order valence-electron chi connectivity index (χ3n) is 4.12. The van der Waals surface area contributed by atoms with Crippen molar-refractivity contribution in [1.82, 2.24) is 14.7 Å². The van der Waals surface area contributed by atoms with Crippen molar-refractivity contribution in [2.45, 2.75) is 58.2 Å². The lowest BCUT2D eigenvalue weighted by atomic mass is 9.92. The van der Waals surface area contributed by atoms with E-state index in [1.165, 1.54) is 12.8 Å². The van der Waals surface area contributed by atoms with Crippen molar-refractivity contribution in [2.75, 3.05) is 13.1 Å². The molecule has 1 N–H and O–H groups in total. The first kappa shape index (κ1) is 15.0. The Hall–Kier alpha value is -0.390.